The molecule has 0 heterocycles. The van der Waals surface area contributed by atoms with Crippen molar-refractivity contribution in [3.05, 3.63) is 0 Å². The summed E-state index contributed by atoms with van der Waals surface area (Å²) in [5, 5.41) is 10.6. The molecule has 46 heavy (non-hydrogen) atoms. The van der Waals surface area contributed by atoms with Gasteiger partial charge in [0.05, 0.1) is 24.0 Å². The molecule has 1 N–H and O–H groups in total. The molecule has 0 aromatic rings. The molecule has 8 rings (SSSR count). The van der Waals surface area contributed by atoms with Gasteiger partial charge < -0.3 is 19.3 Å². The molecule has 8 aliphatic carbocycles. The maximum Gasteiger partial charge on any atom is 0.309 e. The summed E-state index contributed by atoms with van der Waals surface area (Å²) in [6, 6.07) is 0. The monoisotopic (exact) mass is 655 g/mol. The maximum atomic E-state index is 12.1. The lowest BCUT2D eigenvalue weighted by molar-refractivity contribution is -0.222. The predicted octanol–water partition coefficient (Wildman–Crippen LogP) is 9.71. The molecule has 272 valence electrons. The molecule has 7 nitrogen and oxygen atoms in total. The van der Waals surface area contributed by atoms with E-state index in [0.29, 0.717) is 30.3 Å². The minimum absolute atomic E-state index is 0. The van der Waals surface area contributed by atoms with Crippen molar-refractivity contribution in [3.8, 4) is 0 Å². The zero-order valence-corrected chi connectivity index (χ0v) is 27.5. The van der Waals surface area contributed by atoms with Crippen molar-refractivity contribution in [2.24, 2.45) is 40.9 Å². The van der Waals surface area contributed by atoms with Gasteiger partial charge in [0.2, 0.25) is 0 Å². The summed E-state index contributed by atoms with van der Waals surface area (Å²) in [5.74, 6) is 2.59. The van der Waals surface area contributed by atoms with E-state index in [4.69, 9.17) is 9.47 Å². The Balaban J connectivity index is 0.000000699. The summed E-state index contributed by atoms with van der Waals surface area (Å²) < 4.78 is 16.3. The van der Waals surface area contributed by atoms with Crippen LogP contribution in [0.25, 0.3) is 0 Å². The lowest BCUT2D eigenvalue weighted by Crippen LogP contribution is -2.60. The summed E-state index contributed by atoms with van der Waals surface area (Å²) in [4.78, 5) is 34.0. The Morgan fingerprint density at radius 1 is 0.674 bits per heavy atom. The van der Waals surface area contributed by atoms with Crippen molar-refractivity contribution in [2.45, 2.75) is 185 Å². The van der Waals surface area contributed by atoms with E-state index in [1.165, 1.54) is 32.6 Å². The highest BCUT2D eigenvalue weighted by Gasteiger charge is 2.60. The normalized spacial score (nSPS) is 37.8. The summed E-state index contributed by atoms with van der Waals surface area (Å²) in [6.07, 6.45) is 14.9. The predicted molar refractivity (Wildman–Crippen MR) is 188 cm³/mol. The van der Waals surface area contributed by atoms with E-state index in [1.54, 1.807) is 6.92 Å². The zero-order chi connectivity index (χ0) is 30.9. The van der Waals surface area contributed by atoms with Gasteiger partial charge in [0.15, 0.2) is 0 Å². The quantitative estimate of drug-likeness (QED) is 0.215. The third-order valence-electron chi connectivity index (χ3n) is 11.3. The number of rotatable bonds is 7. The van der Waals surface area contributed by atoms with Gasteiger partial charge in [-0.05, 0) is 119 Å². The molecule has 0 radical (unpaired) electrons. The molecule has 8 aliphatic rings. The number of hydrogen-bond donors (Lipinski definition) is 1. The minimum atomic E-state index is -0.542. The van der Waals surface area contributed by atoms with Crippen LogP contribution in [0.1, 0.15) is 168 Å². The molecular formula is C39H74O7. The molecule has 0 spiro atoms. The van der Waals surface area contributed by atoms with Crippen LogP contribution in [0.4, 0.5) is 0 Å². The molecule has 8 saturated carbocycles. The van der Waals surface area contributed by atoms with Gasteiger partial charge in [-0.15, -0.1) is 0 Å². The minimum Gasteiger partial charge on any atom is -0.466 e. The first-order valence-electron chi connectivity index (χ1n) is 17.0. The van der Waals surface area contributed by atoms with Crippen LogP contribution in [-0.4, -0.2) is 46.4 Å². The molecule has 6 unspecified atom stereocenters. The van der Waals surface area contributed by atoms with E-state index in [0.717, 1.165) is 69.6 Å². The Labute approximate surface area is 283 Å². The van der Waals surface area contributed by atoms with E-state index in [9.17, 15) is 19.5 Å². The van der Waals surface area contributed by atoms with Gasteiger partial charge in [-0.25, -0.2) is 0 Å². The molecule has 0 saturated heterocycles. The van der Waals surface area contributed by atoms with Gasteiger partial charge in [0, 0.05) is 13.3 Å². The maximum absolute atomic E-state index is 12.1. The van der Waals surface area contributed by atoms with Crippen LogP contribution in [0.2, 0.25) is 0 Å². The van der Waals surface area contributed by atoms with E-state index in [1.807, 2.05) is 20.8 Å². The highest BCUT2D eigenvalue weighted by Crippen LogP contribution is 2.63. The van der Waals surface area contributed by atoms with Crippen molar-refractivity contribution in [1.82, 2.24) is 0 Å². The van der Waals surface area contributed by atoms with Crippen molar-refractivity contribution < 1.29 is 33.7 Å². The van der Waals surface area contributed by atoms with Gasteiger partial charge in [-0.3, -0.25) is 14.4 Å². The fourth-order valence-corrected chi connectivity index (χ4v) is 10.2. The van der Waals surface area contributed by atoms with Crippen LogP contribution in [0, 0.1) is 40.9 Å². The van der Waals surface area contributed by atoms with Crippen LogP contribution >= 0.6 is 0 Å². The molecule has 0 aliphatic heterocycles. The summed E-state index contributed by atoms with van der Waals surface area (Å²) in [7, 11) is 0. The first-order valence-corrected chi connectivity index (χ1v) is 17.0. The van der Waals surface area contributed by atoms with Crippen LogP contribution in [0.5, 0.6) is 0 Å². The van der Waals surface area contributed by atoms with Crippen LogP contribution < -0.4 is 0 Å². The number of esters is 3. The largest absolute Gasteiger partial charge is 0.466 e. The molecule has 8 bridgehead atoms. The molecule has 0 amide bonds. The van der Waals surface area contributed by atoms with E-state index in [2.05, 4.69) is 18.6 Å². The summed E-state index contributed by atoms with van der Waals surface area (Å²) in [5.41, 5.74) is -0.502. The third-order valence-corrected chi connectivity index (χ3v) is 11.3. The second kappa shape index (κ2) is 17.2. The van der Waals surface area contributed by atoms with Crippen LogP contribution in [-0.2, 0) is 28.6 Å². The average molecular weight is 655 g/mol. The van der Waals surface area contributed by atoms with Gasteiger partial charge in [-0.1, -0.05) is 64.3 Å². The summed E-state index contributed by atoms with van der Waals surface area (Å²) in [6.45, 7) is 14.1. The second-order valence-corrected chi connectivity index (χ2v) is 15.7. The van der Waals surface area contributed by atoms with E-state index >= 15 is 0 Å². The lowest BCUT2D eigenvalue weighted by Gasteiger charge is -2.60. The first kappa shape index (κ1) is 44.4. The van der Waals surface area contributed by atoms with Gasteiger partial charge >= 0.3 is 17.9 Å². The number of aliphatic hydroxyl groups is 1. The standard InChI is InChI=1S/C16H26O2.C15H24O3.C4H8O2.4CH4/c1-4-11(2)14(17)18-16-8-12-5-13(9-16)7-15(3,6-12)10-16;1-3-10(2)13(16)18-15-7-11-4-12(8-15)6-14(17,5-11)9-15;1-3-6-4(2)5;;;;/h11-13H,4-10H2,1-3H3;10-12,17H,3-9H2,1-2H3;3H2,1-2H3;4*1H4. The first-order chi connectivity index (χ1) is 19.6. The average Bonchev–Trinajstić information content (AvgIpc) is 2.84. The Morgan fingerprint density at radius 3 is 1.33 bits per heavy atom. The summed E-state index contributed by atoms with van der Waals surface area (Å²) >= 11 is 0. The number of carbonyl (C=O) groups is 3. The van der Waals surface area contributed by atoms with E-state index in [-0.39, 0.29) is 70.7 Å². The van der Waals surface area contributed by atoms with E-state index < -0.39 is 5.60 Å². The Hall–Kier alpha value is -1.63. The smallest absolute Gasteiger partial charge is 0.309 e. The zero-order valence-electron chi connectivity index (χ0n) is 27.5. The number of ether oxygens (including phenoxy) is 3. The molecular weight excluding hydrogens is 580 g/mol. The van der Waals surface area contributed by atoms with Gasteiger partial charge in [0.25, 0.3) is 0 Å². The Kier molecular flexibility index (Phi) is 16.5. The fraction of sp³-hybridized carbons (Fsp3) is 0.923. The van der Waals surface area contributed by atoms with Gasteiger partial charge in [-0.2, -0.15) is 0 Å². The fourth-order valence-electron chi connectivity index (χ4n) is 10.2. The molecule has 0 aromatic heterocycles. The van der Waals surface area contributed by atoms with Gasteiger partial charge in [0.1, 0.15) is 11.2 Å². The topological polar surface area (TPSA) is 99.1 Å². The number of carbonyl (C=O) groups excluding carboxylic acids is 3. The number of hydrogen-bond acceptors (Lipinski definition) is 7. The Morgan fingerprint density at radius 2 is 1.04 bits per heavy atom. The third kappa shape index (κ3) is 10.4. The molecule has 7 heteroatoms. The van der Waals surface area contributed by atoms with Crippen molar-refractivity contribution in [2.75, 3.05) is 6.61 Å². The highest BCUT2D eigenvalue weighted by molar-refractivity contribution is 5.73. The Bertz CT molecular complexity index is 891. The van der Waals surface area contributed by atoms with Crippen molar-refractivity contribution in [3.63, 3.8) is 0 Å². The van der Waals surface area contributed by atoms with Crippen LogP contribution in [0.3, 0.4) is 0 Å². The van der Waals surface area contributed by atoms with Crippen molar-refractivity contribution in [1.29, 1.82) is 0 Å². The lowest BCUT2D eigenvalue weighted by atomic mass is 9.48. The SMILES string of the molecule is C.C.C.C.CCC(C)C(=O)OC12CC3CC(CC(C)(C3)C1)C2.CCC(C)C(=O)OC12CC3CC(CC(O)(C3)C1)C2.CCOC(C)=O. The molecule has 0 aromatic carbocycles. The van der Waals surface area contributed by atoms with Crippen molar-refractivity contribution >= 4 is 17.9 Å². The molecule has 8 fully saturated rings. The second-order valence-electron chi connectivity index (χ2n) is 15.7. The van der Waals surface area contributed by atoms with Crippen LogP contribution in [0.15, 0.2) is 0 Å². The molecule has 6 atom stereocenters. The highest BCUT2D eigenvalue weighted by atomic mass is 16.6.